The van der Waals surface area contributed by atoms with E-state index >= 15 is 4.39 Å². The zero-order chi connectivity index (χ0) is 38.1. The van der Waals surface area contributed by atoms with Crippen LogP contribution in [0.1, 0.15) is 101 Å². The number of rotatable bonds is 9. The Morgan fingerprint density at radius 1 is 1.02 bits per heavy atom. The summed E-state index contributed by atoms with van der Waals surface area (Å²) in [6.07, 6.45) is 4.19. The van der Waals surface area contributed by atoms with Gasteiger partial charge in [0.2, 0.25) is 5.91 Å². The molecule has 5 aliphatic rings. The molecule has 2 amide bonds. The molecule has 284 valence electrons. The van der Waals surface area contributed by atoms with Gasteiger partial charge in [-0.05, 0) is 121 Å². The van der Waals surface area contributed by atoms with Gasteiger partial charge in [-0.3, -0.25) is 14.5 Å². The molecule has 9 rings (SSSR count). The molecule has 4 aromatic rings. The third kappa shape index (κ3) is 5.22. The lowest BCUT2D eigenvalue weighted by Crippen LogP contribution is -2.50. The first-order chi connectivity index (χ1) is 25.6. The van der Waals surface area contributed by atoms with Crippen LogP contribution in [0, 0.1) is 24.1 Å². The minimum Gasteiger partial charge on any atom is -0.341 e. The molecular weight excluding hydrogens is 692 g/mol. The summed E-state index contributed by atoms with van der Waals surface area (Å²) in [5.41, 5.74) is 3.07. The van der Waals surface area contributed by atoms with Gasteiger partial charge in [-0.15, -0.1) is 0 Å². The van der Waals surface area contributed by atoms with Crippen molar-refractivity contribution in [1.82, 2.24) is 24.8 Å². The number of piperidine rings is 1. The van der Waals surface area contributed by atoms with E-state index in [0.717, 1.165) is 36.3 Å². The Kier molecular flexibility index (Phi) is 7.85. The van der Waals surface area contributed by atoms with Crippen molar-refractivity contribution in [1.29, 1.82) is 0 Å². The Balaban J connectivity index is 1.08. The number of hydrogen-bond acceptors (Lipinski definition) is 6. The van der Waals surface area contributed by atoms with Gasteiger partial charge in [-0.2, -0.15) is 0 Å². The predicted octanol–water partition coefficient (Wildman–Crippen LogP) is 8.28. The molecular formula is C42H48F3N7O2. The van der Waals surface area contributed by atoms with Gasteiger partial charge in [-0.1, -0.05) is 25.5 Å². The highest BCUT2D eigenvalue weighted by atomic mass is 19.3. The molecule has 2 aromatic carbocycles. The molecule has 0 bridgehead atoms. The van der Waals surface area contributed by atoms with Gasteiger partial charge < -0.3 is 20.1 Å². The highest BCUT2D eigenvalue weighted by Gasteiger charge is 2.76. The Bertz CT molecular complexity index is 2220. The quantitative estimate of drug-likeness (QED) is 0.180. The van der Waals surface area contributed by atoms with Crippen molar-refractivity contribution in [2.45, 2.75) is 116 Å². The van der Waals surface area contributed by atoms with Gasteiger partial charge in [0.25, 0.3) is 12.3 Å². The van der Waals surface area contributed by atoms with E-state index in [0.29, 0.717) is 40.1 Å². The fraction of sp³-hybridized carbons (Fsp3) is 0.524. The van der Waals surface area contributed by atoms with Gasteiger partial charge >= 0.3 is 0 Å². The van der Waals surface area contributed by atoms with E-state index in [2.05, 4.69) is 33.4 Å². The first-order valence-corrected chi connectivity index (χ1v) is 19.4. The Hall–Kier alpha value is -4.45. The number of imidazole rings is 1. The van der Waals surface area contributed by atoms with Crippen molar-refractivity contribution >= 4 is 40.0 Å². The van der Waals surface area contributed by atoms with E-state index in [1.807, 2.05) is 50.5 Å². The molecule has 4 atom stereocenters. The first-order valence-electron chi connectivity index (χ1n) is 19.4. The van der Waals surface area contributed by atoms with Crippen LogP contribution in [0.5, 0.6) is 0 Å². The van der Waals surface area contributed by atoms with Crippen LogP contribution >= 0.6 is 0 Å². The number of halogens is 3. The molecule has 2 aromatic heterocycles. The summed E-state index contributed by atoms with van der Waals surface area (Å²) in [6.45, 7) is 14.3. The molecule has 4 fully saturated rings. The number of nitrogens with one attached hydrogen (secondary N) is 2. The maximum atomic E-state index is 15.7. The molecule has 12 heteroatoms. The molecule has 3 saturated carbocycles. The zero-order valence-electron chi connectivity index (χ0n) is 31.8. The fourth-order valence-corrected chi connectivity index (χ4v) is 9.92. The second-order valence-corrected chi connectivity index (χ2v) is 17.5. The number of carbonyl (C=O) groups excluding carboxylic acids is 2. The molecule has 2 N–H and O–H groups in total. The second-order valence-electron chi connectivity index (χ2n) is 17.5. The number of pyridine rings is 1. The average molecular weight is 740 g/mol. The summed E-state index contributed by atoms with van der Waals surface area (Å²) < 4.78 is 45.0. The number of alkyl halides is 2. The van der Waals surface area contributed by atoms with Gasteiger partial charge in [-0.25, -0.2) is 23.1 Å². The summed E-state index contributed by atoms with van der Waals surface area (Å²) >= 11 is 0. The van der Waals surface area contributed by atoms with Crippen molar-refractivity contribution in [3.63, 3.8) is 0 Å². The SMILES string of the molecule is Cc1cc(F)c(Nc2nc(-c3ccc4c(c3)N([C@@H]3C[C@@]5(C)C3C5N3CCCCC3)C(=O)C4(C)C)cc3ncn(C(C)C)c23)cc1C(=O)NC1(C(F)F)CC1. The van der Waals surface area contributed by atoms with Crippen molar-refractivity contribution in [2.75, 3.05) is 23.3 Å². The summed E-state index contributed by atoms with van der Waals surface area (Å²) in [5, 5.41) is 5.65. The third-order valence-electron chi connectivity index (χ3n) is 13.3. The standard InChI is InChI=1S/C42H48F3N7O2/c1-22(2)51-21-46-30-19-28(47-36(34(30)51)48-29-18-25(23(3)16-27(29)43)37(53)49-42(12-13-42)38(44)45)24-10-11-26-31(17-24)52(39(54)40(26,4)5)32-20-41(6)33(32)35(41)50-14-8-7-9-15-50/h10-11,16-19,21-22,32-33,35,38H,7-9,12-15,20H2,1-6H3,(H,47,48)(H,49,53)/t32-,33?,35?,41+/m1/s1. The molecule has 0 radical (unpaired) electrons. The van der Waals surface area contributed by atoms with Crippen LogP contribution in [0.25, 0.3) is 22.3 Å². The number of hydrogen-bond donors (Lipinski definition) is 2. The monoisotopic (exact) mass is 739 g/mol. The first kappa shape index (κ1) is 35.3. The lowest BCUT2D eigenvalue weighted by molar-refractivity contribution is -0.123. The van der Waals surface area contributed by atoms with E-state index in [-0.39, 0.29) is 47.5 Å². The van der Waals surface area contributed by atoms with Crippen LogP contribution < -0.4 is 15.5 Å². The molecule has 2 unspecified atom stereocenters. The zero-order valence-corrected chi connectivity index (χ0v) is 31.8. The van der Waals surface area contributed by atoms with E-state index < -0.39 is 29.1 Å². The van der Waals surface area contributed by atoms with Crippen molar-refractivity contribution in [3.8, 4) is 11.3 Å². The second kappa shape index (κ2) is 12.0. The van der Waals surface area contributed by atoms with Crippen molar-refractivity contribution in [3.05, 3.63) is 65.2 Å². The molecule has 0 spiro atoms. The topological polar surface area (TPSA) is 95.4 Å². The summed E-state index contributed by atoms with van der Waals surface area (Å²) in [6, 6.07) is 11.3. The number of carbonyl (C=O) groups is 2. The number of aromatic nitrogens is 3. The number of aryl methyl sites for hydroxylation is 1. The number of benzene rings is 2. The van der Waals surface area contributed by atoms with Crippen molar-refractivity contribution < 1.29 is 22.8 Å². The van der Waals surface area contributed by atoms with Crippen LogP contribution in [0.15, 0.2) is 42.7 Å². The highest BCUT2D eigenvalue weighted by Crippen LogP contribution is 2.71. The molecule has 1 saturated heterocycles. The normalized spacial score (nSPS) is 26.5. The van der Waals surface area contributed by atoms with Crippen LogP contribution in [0.3, 0.4) is 0 Å². The molecule has 9 nitrogen and oxygen atoms in total. The minimum atomic E-state index is -2.69. The molecule has 2 aliphatic heterocycles. The van der Waals surface area contributed by atoms with Gasteiger partial charge in [0.1, 0.15) is 16.9 Å². The largest absolute Gasteiger partial charge is 0.341 e. The Morgan fingerprint density at radius 3 is 2.44 bits per heavy atom. The molecule has 3 aliphatic carbocycles. The van der Waals surface area contributed by atoms with E-state index in [1.165, 1.54) is 31.4 Å². The maximum Gasteiger partial charge on any atom is 0.261 e. The van der Waals surface area contributed by atoms with Crippen LogP contribution in [-0.2, 0) is 10.2 Å². The lowest BCUT2D eigenvalue weighted by Gasteiger charge is -2.39. The van der Waals surface area contributed by atoms with Crippen LogP contribution in [-0.4, -0.2) is 68.4 Å². The summed E-state index contributed by atoms with van der Waals surface area (Å²) in [5.74, 6) is -0.368. The van der Waals surface area contributed by atoms with Gasteiger partial charge in [0, 0.05) is 40.9 Å². The smallest absolute Gasteiger partial charge is 0.261 e. The van der Waals surface area contributed by atoms with Crippen molar-refractivity contribution in [2.24, 2.45) is 11.3 Å². The van der Waals surface area contributed by atoms with Gasteiger partial charge in [0.15, 0.2) is 5.82 Å². The molecule has 4 heterocycles. The number of nitrogens with zero attached hydrogens (tertiary/aromatic N) is 5. The minimum absolute atomic E-state index is 0.00243. The number of fused-ring (bicyclic) bond motifs is 3. The number of anilines is 3. The number of amides is 2. The Labute approximate surface area is 313 Å². The third-order valence-corrected chi connectivity index (χ3v) is 13.3. The van der Waals surface area contributed by atoms with E-state index in [9.17, 15) is 18.4 Å². The van der Waals surface area contributed by atoms with Crippen LogP contribution in [0.2, 0.25) is 0 Å². The summed E-state index contributed by atoms with van der Waals surface area (Å²) in [4.78, 5) is 42.0. The van der Waals surface area contributed by atoms with Gasteiger partial charge in [0.05, 0.1) is 28.6 Å². The average Bonchev–Trinajstić information content (AvgIpc) is 3.91. The number of likely N-dealkylation sites (tertiary alicyclic amines) is 1. The Morgan fingerprint density at radius 2 is 1.76 bits per heavy atom. The maximum absolute atomic E-state index is 15.7. The lowest BCUT2D eigenvalue weighted by atomic mass is 9.80. The molecule has 54 heavy (non-hydrogen) atoms. The van der Waals surface area contributed by atoms with Crippen LogP contribution in [0.4, 0.5) is 30.4 Å². The van der Waals surface area contributed by atoms with E-state index in [1.54, 1.807) is 13.3 Å². The van der Waals surface area contributed by atoms with E-state index in [4.69, 9.17) is 9.97 Å². The highest BCUT2D eigenvalue weighted by molar-refractivity contribution is 6.09. The predicted molar refractivity (Wildman–Crippen MR) is 203 cm³/mol. The fourth-order valence-electron chi connectivity index (χ4n) is 9.92. The summed E-state index contributed by atoms with van der Waals surface area (Å²) in [7, 11) is 0.